The predicted octanol–water partition coefficient (Wildman–Crippen LogP) is 3.53. The van der Waals surface area contributed by atoms with Gasteiger partial charge in [-0.1, -0.05) is 35.5 Å². The van der Waals surface area contributed by atoms with Crippen molar-refractivity contribution in [1.29, 1.82) is 0 Å². The van der Waals surface area contributed by atoms with Crippen LogP contribution in [0.3, 0.4) is 0 Å². The van der Waals surface area contributed by atoms with Gasteiger partial charge in [-0.05, 0) is 17.7 Å². The fourth-order valence-corrected chi connectivity index (χ4v) is 1.76. The Bertz CT molecular complexity index is 684. The number of nitrogens with zero attached hydrogens (tertiary/aromatic N) is 3. The van der Waals surface area contributed by atoms with E-state index in [-0.39, 0.29) is 5.28 Å². The lowest BCUT2D eigenvalue weighted by atomic mass is 10.2. The molecule has 0 aliphatic carbocycles. The molecule has 2 aromatic heterocycles. The minimum absolute atomic E-state index is 0.178. The van der Waals surface area contributed by atoms with Crippen LogP contribution in [-0.2, 0) is 0 Å². The maximum Gasteiger partial charge on any atom is 0.224 e. The molecule has 3 aromatic rings. The van der Waals surface area contributed by atoms with Crippen molar-refractivity contribution in [3.8, 4) is 11.3 Å². The summed E-state index contributed by atoms with van der Waals surface area (Å²) in [6.45, 7) is 0. The van der Waals surface area contributed by atoms with Gasteiger partial charge in [0.1, 0.15) is 5.82 Å². The van der Waals surface area contributed by atoms with E-state index in [1.807, 2.05) is 30.3 Å². The van der Waals surface area contributed by atoms with Gasteiger partial charge in [-0.15, -0.1) is 0 Å². The number of anilines is 2. The van der Waals surface area contributed by atoms with Crippen molar-refractivity contribution < 1.29 is 4.52 Å². The van der Waals surface area contributed by atoms with Gasteiger partial charge in [0.15, 0.2) is 11.6 Å². The molecule has 0 radical (unpaired) electrons. The van der Waals surface area contributed by atoms with E-state index in [1.54, 1.807) is 18.3 Å². The zero-order valence-corrected chi connectivity index (χ0v) is 10.5. The molecule has 0 fully saturated rings. The molecule has 2 heterocycles. The Hall–Kier alpha value is -2.40. The van der Waals surface area contributed by atoms with Crippen molar-refractivity contribution in [2.75, 3.05) is 5.32 Å². The first-order chi connectivity index (χ1) is 9.31. The summed E-state index contributed by atoms with van der Waals surface area (Å²) in [6, 6.07) is 13.2. The molecule has 0 amide bonds. The van der Waals surface area contributed by atoms with Gasteiger partial charge in [0, 0.05) is 17.8 Å². The number of aromatic nitrogens is 3. The van der Waals surface area contributed by atoms with Crippen molar-refractivity contribution in [2.45, 2.75) is 0 Å². The molecule has 3 rings (SSSR count). The Morgan fingerprint density at radius 3 is 2.68 bits per heavy atom. The first kappa shape index (κ1) is 11.7. The SMILES string of the molecule is Clc1nccc(Nc2cc(-c3ccccc3)on2)n1. The second kappa shape index (κ2) is 5.07. The smallest absolute Gasteiger partial charge is 0.224 e. The number of rotatable bonds is 3. The molecule has 19 heavy (non-hydrogen) atoms. The van der Waals surface area contributed by atoms with Gasteiger partial charge >= 0.3 is 0 Å². The Balaban J connectivity index is 1.82. The lowest BCUT2D eigenvalue weighted by Crippen LogP contribution is -1.94. The number of halogens is 1. The summed E-state index contributed by atoms with van der Waals surface area (Å²) in [5.74, 6) is 1.81. The molecule has 94 valence electrons. The molecule has 0 aliphatic heterocycles. The number of hydrogen-bond acceptors (Lipinski definition) is 5. The summed E-state index contributed by atoms with van der Waals surface area (Å²) in [5, 5.41) is 7.10. The number of nitrogens with one attached hydrogen (secondary N) is 1. The van der Waals surface area contributed by atoms with Crippen LogP contribution in [0.2, 0.25) is 5.28 Å². The van der Waals surface area contributed by atoms with E-state index in [4.69, 9.17) is 16.1 Å². The van der Waals surface area contributed by atoms with Gasteiger partial charge in [0.05, 0.1) is 0 Å². The Kier molecular flexibility index (Phi) is 3.12. The first-order valence-corrected chi connectivity index (χ1v) is 5.97. The fraction of sp³-hybridized carbons (Fsp3) is 0. The standard InChI is InChI=1S/C13H9ClN4O/c14-13-15-7-6-11(17-13)16-12-8-10(19-18-12)9-4-2-1-3-5-9/h1-8H,(H,15,16,17,18). The predicted molar refractivity (Wildman–Crippen MR) is 72.3 cm³/mol. The molecular weight excluding hydrogens is 264 g/mol. The molecular formula is C13H9ClN4O. The summed E-state index contributed by atoms with van der Waals surface area (Å²) in [6.07, 6.45) is 1.57. The van der Waals surface area contributed by atoms with Gasteiger partial charge in [0.25, 0.3) is 0 Å². The van der Waals surface area contributed by atoms with E-state index in [9.17, 15) is 0 Å². The zero-order valence-electron chi connectivity index (χ0n) is 9.75. The maximum absolute atomic E-state index is 5.71. The van der Waals surface area contributed by atoms with Gasteiger partial charge < -0.3 is 9.84 Å². The number of hydrogen-bond donors (Lipinski definition) is 1. The lowest BCUT2D eigenvalue weighted by Gasteiger charge is -1.99. The normalized spacial score (nSPS) is 10.4. The monoisotopic (exact) mass is 272 g/mol. The molecule has 0 aliphatic rings. The van der Waals surface area contributed by atoms with E-state index in [0.29, 0.717) is 17.4 Å². The highest BCUT2D eigenvalue weighted by atomic mass is 35.5. The molecule has 1 N–H and O–H groups in total. The summed E-state index contributed by atoms with van der Waals surface area (Å²) >= 11 is 5.71. The van der Waals surface area contributed by atoms with Crippen LogP contribution in [0.1, 0.15) is 0 Å². The number of benzene rings is 1. The largest absolute Gasteiger partial charge is 0.354 e. The Labute approximate surface area is 114 Å². The van der Waals surface area contributed by atoms with Crippen LogP contribution in [0, 0.1) is 0 Å². The van der Waals surface area contributed by atoms with E-state index >= 15 is 0 Å². The fourth-order valence-electron chi connectivity index (χ4n) is 1.61. The second-order valence-corrected chi connectivity index (χ2v) is 4.12. The van der Waals surface area contributed by atoms with Gasteiger partial charge in [-0.25, -0.2) is 9.97 Å². The van der Waals surface area contributed by atoms with Gasteiger partial charge in [-0.3, -0.25) is 0 Å². The molecule has 0 bridgehead atoms. The summed E-state index contributed by atoms with van der Waals surface area (Å²) in [5.41, 5.74) is 0.962. The van der Waals surface area contributed by atoms with Crippen LogP contribution < -0.4 is 5.32 Å². The molecule has 0 atom stereocenters. The Morgan fingerprint density at radius 2 is 1.89 bits per heavy atom. The van der Waals surface area contributed by atoms with Crippen LogP contribution in [0.5, 0.6) is 0 Å². The minimum atomic E-state index is 0.178. The van der Waals surface area contributed by atoms with Crippen molar-refractivity contribution >= 4 is 23.2 Å². The Morgan fingerprint density at radius 1 is 1.05 bits per heavy atom. The highest BCUT2D eigenvalue weighted by molar-refractivity contribution is 6.28. The average molecular weight is 273 g/mol. The summed E-state index contributed by atoms with van der Waals surface area (Å²) in [7, 11) is 0. The lowest BCUT2D eigenvalue weighted by molar-refractivity contribution is 0.435. The topological polar surface area (TPSA) is 63.8 Å². The average Bonchev–Trinajstić information content (AvgIpc) is 2.88. The van der Waals surface area contributed by atoms with E-state index in [0.717, 1.165) is 5.56 Å². The zero-order chi connectivity index (χ0) is 13.1. The van der Waals surface area contributed by atoms with Crippen molar-refractivity contribution in [3.63, 3.8) is 0 Å². The van der Waals surface area contributed by atoms with Crippen LogP contribution in [-0.4, -0.2) is 15.1 Å². The molecule has 1 aromatic carbocycles. The van der Waals surface area contributed by atoms with E-state index in [1.165, 1.54) is 0 Å². The third-order valence-corrected chi connectivity index (χ3v) is 2.63. The van der Waals surface area contributed by atoms with E-state index in [2.05, 4.69) is 20.4 Å². The second-order valence-electron chi connectivity index (χ2n) is 3.78. The molecule has 0 saturated heterocycles. The third-order valence-electron chi connectivity index (χ3n) is 2.45. The minimum Gasteiger partial charge on any atom is -0.354 e. The molecule has 6 heteroatoms. The highest BCUT2D eigenvalue weighted by Gasteiger charge is 2.07. The van der Waals surface area contributed by atoms with Crippen molar-refractivity contribution in [2.24, 2.45) is 0 Å². The quantitative estimate of drug-likeness (QED) is 0.739. The van der Waals surface area contributed by atoms with E-state index < -0.39 is 0 Å². The molecule has 0 saturated carbocycles. The van der Waals surface area contributed by atoms with Crippen LogP contribution in [0.4, 0.5) is 11.6 Å². The van der Waals surface area contributed by atoms with Crippen molar-refractivity contribution in [1.82, 2.24) is 15.1 Å². The van der Waals surface area contributed by atoms with Crippen molar-refractivity contribution in [3.05, 3.63) is 53.9 Å². The summed E-state index contributed by atoms with van der Waals surface area (Å²) < 4.78 is 5.26. The molecule has 5 nitrogen and oxygen atoms in total. The van der Waals surface area contributed by atoms with Crippen LogP contribution in [0.15, 0.2) is 53.2 Å². The maximum atomic E-state index is 5.71. The molecule has 0 spiro atoms. The molecule has 0 unspecified atom stereocenters. The van der Waals surface area contributed by atoms with Gasteiger partial charge in [0.2, 0.25) is 5.28 Å². The third kappa shape index (κ3) is 2.71. The van der Waals surface area contributed by atoms with Crippen LogP contribution in [0.25, 0.3) is 11.3 Å². The van der Waals surface area contributed by atoms with Gasteiger partial charge in [-0.2, -0.15) is 0 Å². The first-order valence-electron chi connectivity index (χ1n) is 5.59. The van der Waals surface area contributed by atoms with Crippen LogP contribution >= 0.6 is 11.6 Å². The highest BCUT2D eigenvalue weighted by Crippen LogP contribution is 2.23. The summed E-state index contributed by atoms with van der Waals surface area (Å²) in [4.78, 5) is 7.82.